The van der Waals surface area contributed by atoms with Gasteiger partial charge in [-0.1, -0.05) is 13.8 Å². The summed E-state index contributed by atoms with van der Waals surface area (Å²) >= 11 is 0. The average Bonchev–Trinajstić information content (AvgIpc) is 2.47. The first-order valence-corrected chi connectivity index (χ1v) is 6.73. The van der Waals surface area contributed by atoms with Crippen molar-refractivity contribution in [3.8, 4) is 0 Å². The molecule has 1 aromatic heterocycles. The molecule has 112 valence electrons. The zero-order valence-corrected chi connectivity index (χ0v) is 12.2. The highest BCUT2D eigenvalue weighted by Gasteiger charge is 2.14. The van der Waals surface area contributed by atoms with E-state index in [-0.39, 0.29) is 18.0 Å². The molecule has 0 fully saturated rings. The molecule has 0 saturated heterocycles. The molecule has 0 radical (unpaired) electrons. The van der Waals surface area contributed by atoms with Gasteiger partial charge in [0.25, 0.3) is 0 Å². The topological polar surface area (TPSA) is 49.8 Å². The zero-order chi connectivity index (χ0) is 15.4. The molecule has 1 aromatic carbocycles. The zero-order valence-electron chi connectivity index (χ0n) is 12.2. The molecule has 0 aliphatic carbocycles. The summed E-state index contributed by atoms with van der Waals surface area (Å²) in [7, 11) is 1.78. The van der Waals surface area contributed by atoms with Crippen molar-refractivity contribution in [2.45, 2.75) is 26.3 Å². The first kappa shape index (κ1) is 15.2. The standard InChI is InChI=1S/C15H18F2N4/c1-9(2)13-14(18-3)20-8-21-15(13)19-7-10-6-11(16)4-5-12(10)17/h4-6,8-9H,7H2,1-3H3,(H2,18,19,20,21). The van der Waals surface area contributed by atoms with E-state index < -0.39 is 11.6 Å². The lowest BCUT2D eigenvalue weighted by molar-refractivity contribution is 0.587. The van der Waals surface area contributed by atoms with Crippen LogP contribution >= 0.6 is 0 Å². The monoisotopic (exact) mass is 292 g/mol. The number of benzene rings is 1. The molecule has 0 unspecified atom stereocenters. The van der Waals surface area contributed by atoms with Crippen LogP contribution in [-0.4, -0.2) is 17.0 Å². The normalized spacial score (nSPS) is 10.8. The van der Waals surface area contributed by atoms with Crippen LogP contribution in [0.4, 0.5) is 20.4 Å². The Morgan fingerprint density at radius 1 is 1.14 bits per heavy atom. The van der Waals surface area contributed by atoms with E-state index >= 15 is 0 Å². The van der Waals surface area contributed by atoms with Crippen LogP contribution in [0.25, 0.3) is 0 Å². The molecule has 0 saturated carbocycles. The molecule has 0 amide bonds. The summed E-state index contributed by atoms with van der Waals surface area (Å²) < 4.78 is 26.8. The Kier molecular flexibility index (Phi) is 4.67. The van der Waals surface area contributed by atoms with E-state index in [9.17, 15) is 8.78 Å². The fourth-order valence-corrected chi connectivity index (χ4v) is 2.14. The summed E-state index contributed by atoms with van der Waals surface area (Å²) in [4.78, 5) is 8.37. The molecule has 1 heterocycles. The smallest absolute Gasteiger partial charge is 0.135 e. The van der Waals surface area contributed by atoms with Crippen molar-refractivity contribution < 1.29 is 8.78 Å². The number of hydrogen-bond acceptors (Lipinski definition) is 4. The van der Waals surface area contributed by atoms with Gasteiger partial charge in [0.15, 0.2) is 0 Å². The lowest BCUT2D eigenvalue weighted by atomic mass is 10.0. The summed E-state index contributed by atoms with van der Waals surface area (Å²) in [6, 6.07) is 3.40. The number of nitrogens with one attached hydrogen (secondary N) is 2. The van der Waals surface area contributed by atoms with Gasteiger partial charge >= 0.3 is 0 Å². The summed E-state index contributed by atoms with van der Waals surface area (Å²) in [6.45, 7) is 4.20. The predicted octanol–water partition coefficient (Wildman–Crippen LogP) is 3.53. The van der Waals surface area contributed by atoms with E-state index in [1.54, 1.807) is 7.05 Å². The van der Waals surface area contributed by atoms with Crippen molar-refractivity contribution in [3.63, 3.8) is 0 Å². The number of rotatable bonds is 5. The molecule has 0 spiro atoms. The first-order valence-electron chi connectivity index (χ1n) is 6.73. The van der Waals surface area contributed by atoms with Crippen LogP contribution in [0.2, 0.25) is 0 Å². The van der Waals surface area contributed by atoms with Crippen LogP contribution in [0.1, 0.15) is 30.9 Å². The largest absolute Gasteiger partial charge is 0.373 e. The number of anilines is 2. The van der Waals surface area contributed by atoms with Gasteiger partial charge in [-0.15, -0.1) is 0 Å². The maximum absolute atomic E-state index is 13.6. The maximum Gasteiger partial charge on any atom is 0.135 e. The van der Waals surface area contributed by atoms with E-state index in [0.717, 1.165) is 23.5 Å². The van der Waals surface area contributed by atoms with Crippen molar-refractivity contribution in [1.82, 2.24) is 9.97 Å². The molecule has 21 heavy (non-hydrogen) atoms. The number of halogens is 2. The molecule has 2 rings (SSSR count). The minimum atomic E-state index is -0.462. The number of hydrogen-bond donors (Lipinski definition) is 2. The highest BCUT2D eigenvalue weighted by molar-refractivity contribution is 5.58. The van der Waals surface area contributed by atoms with Gasteiger partial charge in [0.1, 0.15) is 29.6 Å². The Hall–Kier alpha value is -2.24. The van der Waals surface area contributed by atoms with Gasteiger partial charge in [0.05, 0.1) is 0 Å². The molecule has 2 N–H and O–H groups in total. The highest BCUT2D eigenvalue weighted by Crippen LogP contribution is 2.28. The van der Waals surface area contributed by atoms with Crippen LogP contribution < -0.4 is 10.6 Å². The molecule has 0 aliphatic heterocycles. The number of nitrogens with zero attached hydrogens (tertiary/aromatic N) is 2. The SMILES string of the molecule is CNc1ncnc(NCc2cc(F)ccc2F)c1C(C)C. The predicted molar refractivity (Wildman–Crippen MR) is 79.4 cm³/mol. The van der Waals surface area contributed by atoms with Crippen LogP contribution in [-0.2, 0) is 6.54 Å². The average molecular weight is 292 g/mol. The van der Waals surface area contributed by atoms with Crippen LogP contribution in [0.15, 0.2) is 24.5 Å². The third-order valence-electron chi connectivity index (χ3n) is 3.15. The van der Waals surface area contributed by atoms with Gasteiger partial charge in [-0.2, -0.15) is 0 Å². The summed E-state index contributed by atoms with van der Waals surface area (Å²) in [5, 5.41) is 6.07. The Balaban J connectivity index is 2.26. The molecule has 0 bridgehead atoms. The summed E-state index contributed by atoms with van der Waals surface area (Å²) in [5.74, 6) is 0.623. The van der Waals surface area contributed by atoms with Crippen molar-refractivity contribution >= 4 is 11.6 Å². The maximum atomic E-state index is 13.6. The van der Waals surface area contributed by atoms with E-state index in [1.165, 1.54) is 12.4 Å². The van der Waals surface area contributed by atoms with E-state index in [2.05, 4.69) is 20.6 Å². The quantitative estimate of drug-likeness (QED) is 0.885. The van der Waals surface area contributed by atoms with Crippen molar-refractivity contribution in [2.24, 2.45) is 0 Å². The lowest BCUT2D eigenvalue weighted by Crippen LogP contribution is -2.10. The highest BCUT2D eigenvalue weighted by atomic mass is 19.1. The molecule has 6 heteroatoms. The third kappa shape index (κ3) is 3.45. The summed E-state index contributed by atoms with van der Waals surface area (Å²) in [5.41, 5.74) is 1.17. The Morgan fingerprint density at radius 3 is 2.52 bits per heavy atom. The Bertz CT molecular complexity index is 629. The second-order valence-electron chi connectivity index (χ2n) is 4.98. The lowest BCUT2D eigenvalue weighted by Gasteiger charge is -2.16. The second kappa shape index (κ2) is 6.47. The van der Waals surface area contributed by atoms with Gasteiger partial charge in [0, 0.05) is 24.7 Å². The van der Waals surface area contributed by atoms with Gasteiger partial charge in [0.2, 0.25) is 0 Å². The summed E-state index contributed by atoms with van der Waals surface area (Å²) in [6.07, 6.45) is 1.43. The molecule has 0 aliphatic rings. The second-order valence-corrected chi connectivity index (χ2v) is 4.98. The Morgan fingerprint density at radius 2 is 1.86 bits per heavy atom. The minimum Gasteiger partial charge on any atom is -0.373 e. The van der Waals surface area contributed by atoms with Crippen LogP contribution in [0.5, 0.6) is 0 Å². The van der Waals surface area contributed by atoms with Crippen LogP contribution in [0.3, 0.4) is 0 Å². The van der Waals surface area contributed by atoms with Gasteiger partial charge in [-0.25, -0.2) is 18.7 Å². The minimum absolute atomic E-state index is 0.156. The molecular weight excluding hydrogens is 274 g/mol. The van der Waals surface area contributed by atoms with Gasteiger partial charge in [-0.3, -0.25) is 0 Å². The number of aromatic nitrogens is 2. The molecular formula is C15H18F2N4. The fraction of sp³-hybridized carbons (Fsp3) is 0.333. The van der Waals surface area contributed by atoms with Gasteiger partial charge in [-0.05, 0) is 24.1 Å². The van der Waals surface area contributed by atoms with Crippen molar-refractivity contribution in [3.05, 3.63) is 47.3 Å². The molecule has 0 atom stereocenters. The third-order valence-corrected chi connectivity index (χ3v) is 3.15. The van der Waals surface area contributed by atoms with E-state index in [1.807, 2.05) is 13.8 Å². The first-order chi connectivity index (χ1) is 10.0. The molecule has 2 aromatic rings. The van der Waals surface area contributed by atoms with E-state index in [4.69, 9.17) is 0 Å². The van der Waals surface area contributed by atoms with Crippen molar-refractivity contribution in [2.75, 3.05) is 17.7 Å². The van der Waals surface area contributed by atoms with Crippen LogP contribution in [0, 0.1) is 11.6 Å². The van der Waals surface area contributed by atoms with E-state index in [0.29, 0.717) is 5.82 Å². The Labute approximate surface area is 122 Å². The van der Waals surface area contributed by atoms with Crippen molar-refractivity contribution in [1.29, 1.82) is 0 Å². The fourth-order valence-electron chi connectivity index (χ4n) is 2.14. The van der Waals surface area contributed by atoms with Gasteiger partial charge < -0.3 is 10.6 Å². The molecule has 4 nitrogen and oxygen atoms in total.